The van der Waals surface area contributed by atoms with Crippen molar-refractivity contribution in [2.24, 2.45) is 0 Å². The summed E-state index contributed by atoms with van der Waals surface area (Å²) >= 11 is 1.75. The van der Waals surface area contributed by atoms with E-state index in [-0.39, 0.29) is 5.75 Å². The van der Waals surface area contributed by atoms with E-state index in [1.54, 1.807) is 26.0 Å². The third-order valence-corrected chi connectivity index (χ3v) is 14.1. The maximum atomic E-state index is 13.6. The van der Waals surface area contributed by atoms with Crippen LogP contribution in [0.5, 0.6) is 17.2 Å². The summed E-state index contributed by atoms with van der Waals surface area (Å²) in [6.45, 7) is 2.33. The van der Waals surface area contributed by atoms with Crippen LogP contribution in [0.25, 0.3) is 0 Å². The van der Waals surface area contributed by atoms with Gasteiger partial charge in [-0.2, -0.15) is 8.42 Å². The second-order valence-corrected chi connectivity index (χ2v) is 16.6. The van der Waals surface area contributed by atoms with Gasteiger partial charge in [0.25, 0.3) is 10.1 Å². The van der Waals surface area contributed by atoms with Crippen LogP contribution >= 0.6 is 22.1 Å². The van der Waals surface area contributed by atoms with Crippen molar-refractivity contribution in [1.82, 2.24) is 0 Å². The molecule has 244 valence electrons. The molecule has 0 saturated heterocycles. The number of methoxy groups -OCH3 is 2. The van der Waals surface area contributed by atoms with Gasteiger partial charge in [0.05, 0.1) is 31.3 Å². The number of hydrogen-bond acceptors (Lipinski definition) is 8. The fourth-order valence-electron chi connectivity index (χ4n) is 5.24. The molecule has 0 fully saturated rings. The molecule has 1 N–H and O–H groups in total. The van der Waals surface area contributed by atoms with Crippen molar-refractivity contribution in [3.63, 3.8) is 0 Å². The first-order valence-corrected chi connectivity index (χ1v) is 19.2. The van der Waals surface area contributed by atoms with Crippen LogP contribution in [0.4, 0.5) is 11.4 Å². The summed E-state index contributed by atoms with van der Waals surface area (Å²) in [6.07, 6.45) is 1.23. The molecule has 5 aromatic carbocycles. The molecule has 10 heteroatoms. The Hall–Kier alpha value is -4.09. The minimum atomic E-state index is -3.92. The summed E-state index contributed by atoms with van der Waals surface area (Å²) < 4.78 is 50.6. The lowest BCUT2D eigenvalue weighted by atomic mass is 10.2. The smallest absolute Gasteiger partial charge is 0.277 e. The van der Waals surface area contributed by atoms with Gasteiger partial charge in [0.2, 0.25) is 0 Å². The van der Waals surface area contributed by atoms with Crippen LogP contribution in [-0.2, 0) is 20.4 Å². The van der Waals surface area contributed by atoms with Gasteiger partial charge < -0.3 is 19.5 Å². The van der Waals surface area contributed by atoms with Crippen molar-refractivity contribution in [2.45, 2.75) is 50.8 Å². The maximum absolute atomic E-state index is 13.6. The van der Waals surface area contributed by atoms with Crippen molar-refractivity contribution >= 4 is 43.6 Å². The lowest BCUT2D eigenvalue weighted by Crippen LogP contribution is -2.17. The SMILES string of the molecule is CCCCS(=O)(=O)OS(c1ccc(OC)cc1)(c1ccc(OC)cc1)c1ccc(OCc2ccc3c(c2)Nc2ccccc2S3)cc1. The average Bonchev–Trinajstić information content (AvgIpc) is 3.11. The third-order valence-electron chi connectivity index (χ3n) is 7.72. The van der Waals surface area contributed by atoms with Crippen molar-refractivity contribution in [3.05, 3.63) is 121 Å². The first kappa shape index (κ1) is 32.8. The molecular weight excluding hydrogens is 651 g/mol. The molecule has 0 saturated carbocycles. The van der Waals surface area contributed by atoms with Crippen LogP contribution in [0, 0.1) is 0 Å². The van der Waals surface area contributed by atoms with E-state index in [0.717, 1.165) is 33.2 Å². The van der Waals surface area contributed by atoms with Crippen molar-refractivity contribution < 1.29 is 26.3 Å². The highest BCUT2D eigenvalue weighted by Crippen LogP contribution is 2.70. The van der Waals surface area contributed by atoms with Crippen LogP contribution in [0.3, 0.4) is 0 Å². The Labute approximate surface area is 282 Å². The highest BCUT2D eigenvalue weighted by Gasteiger charge is 2.37. The molecule has 1 aliphatic rings. The highest BCUT2D eigenvalue weighted by molar-refractivity contribution is 8.33. The van der Waals surface area contributed by atoms with Crippen molar-refractivity contribution in [2.75, 3.05) is 25.3 Å². The predicted molar refractivity (Wildman–Crippen MR) is 189 cm³/mol. The zero-order valence-electron chi connectivity index (χ0n) is 26.5. The summed E-state index contributed by atoms with van der Waals surface area (Å²) in [5.41, 5.74) is 3.18. The minimum Gasteiger partial charge on any atom is -0.497 e. The Morgan fingerprint density at radius 1 is 0.660 bits per heavy atom. The number of hydrogen-bond donors (Lipinski definition) is 1. The van der Waals surface area contributed by atoms with Gasteiger partial charge in [0, 0.05) is 24.5 Å². The van der Waals surface area contributed by atoms with E-state index >= 15 is 0 Å². The standard InChI is InChI=1S/C37H37NO6S3/c1-4-5-24-46(39,40)44-47(31-17-11-28(41-2)12-18-31,32-19-13-29(42-3)14-20-32)33-21-15-30(16-22-33)43-26-27-10-23-37-35(25-27)38-34-8-6-7-9-36(34)45-37/h6-23,25,38H,4-5,24,26H2,1-3H3. The van der Waals surface area contributed by atoms with Gasteiger partial charge in [-0.25, -0.2) is 3.63 Å². The maximum Gasteiger partial charge on any atom is 0.277 e. The first-order chi connectivity index (χ1) is 22.8. The molecule has 0 atom stereocenters. The molecule has 1 aliphatic heterocycles. The summed E-state index contributed by atoms with van der Waals surface area (Å²) in [7, 11) is -3.48. The van der Waals surface area contributed by atoms with Crippen molar-refractivity contribution in [3.8, 4) is 17.2 Å². The van der Waals surface area contributed by atoms with E-state index in [1.807, 2.05) is 91.9 Å². The van der Waals surface area contributed by atoms with Gasteiger partial charge in [-0.05, 0) is 119 Å². The van der Waals surface area contributed by atoms with Crippen LogP contribution in [-0.4, -0.2) is 28.4 Å². The monoisotopic (exact) mass is 687 g/mol. The number of ether oxygens (including phenoxy) is 3. The number of fused-ring (bicyclic) bond motifs is 2. The van der Waals surface area contributed by atoms with Crippen molar-refractivity contribution in [1.29, 1.82) is 0 Å². The molecule has 0 radical (unpaired) electrons. The van der Waals surface area contributed by atoms with E-state index in [4.69, 9.17) is 17.8 Å². The molecule has 1 heterocycles. The second kappa shape index (κ2) is 14.4. The minimum absolute atomic E-state index is 0.0779. The predicted octanol–water partition coefficient (Wildman–Crippen LogP) is 9.83. The van der Waals surface area contributed by atoms with E-state index in [9.17, 15) is 8.42 Å². The van der Waals surface area contributed by atoms with Crippen LogP contribution in [0.15, 0.2) is 140 Å². The Morgan fingerprint density at radius 3 is 1.79 bits per heavy atom. The highest BCUT2D eigenvalue weighted by atomic mass is 32.3. The topological polar surface area (TPSA) is 83.1 Å². The van der Waals surface area contributed by atoms with Crippen LogP contribution in [0.1, 0.15) is 25.3 Å². The molecule has 0 bridgehead atoms. The first-order valence-electron chi connectivity index (χ1n) is 15.3. The van der Waals surface area contributed by atoms with Gasteiger partial charge in [-0.15, -0.1) is 0 Å². The summed E-state index contributed by atoms with van der Waals surface area (Å²) in [6, 6.07) is 36.9. The Bertz CT molecular complexity index is 1880. The number of benzene rings is 5. The number of para-hydroxylation sites is 1. The third kappa shape index (κ3) is 7.26. The largest absolute Gasteiger partial charge is 0.497 e. The molecule has 0 amide bonds. The van der Waals surface area contributed by atoms with Gasteiger partial charge in [-0.1, -0.05) is 43.3 Å². The molecule has 0 unspecified atom stereocenters. The lowest BCUT2D eigenvalue weighted by Gasteiger charge is -2.39. The lowest BCUT2D eigenvalue weighted by molar-refractivity contribution is 0.306. The van der Waals surface area contributed by atoms with E-state index in [1.165, 1.54) is 9.79 Å². The average molecular weight is 688 g/mol. The van der Waals surface area contributed by atoms with E-state index in [2.05, 4.69) is 35.6 Å². The molecule has 7 nitrogen and oxygen atoms in total. The summed E-state index contributed by atoms with van der Waals surface area (Å²) in [4.78, 5) is 4.53. The molecular formula is C37H37NO6S3. The quantitative estimate of drug-likeness (QED) is 0.129. The van der Waals surface area contributed by atoms with E-state index in [0.29, 0.717) is 35.2 Å². The Balaban J connectivity index is 1.33. The fraction of sp³-hybridized carbons (Fsp3) is 0.189. The van der Waals surface area contributed by atoms with Gasteiger partial charge >= 0.3 is 0 Å². The fourth-order valence-corrected chi connectivity index (χ4v) is 11.7. The molecule has 0 aliphatic carbocycles. The molecule has 0 aromatic heterocycles. The number of unbranched alkanes of at least 4 members (excludes halogenated alkanes) is 1. The molecule has 5 aromatic rings. The number of nitrogens with one attached hydrogen (secondary N) is 1. The molecule has 0 spiro atoms. The summed E-state index contributed by atoms with van der Waals surface area (Å²) in [5.74, 6) is 1.90. The Morgan fingerprint density at radius 2 is 1.21 bits per heavy atom. The Kier molecular flexibility index (Phi) is 10.0. The summed E-state index contributed by atoms with van der Waals surface area (Å²) in [5, 5.41) is 3.53. The zero-order chi connectivity index (χ0) is 32.9. The van der Waals surface area contributed by atoms with E-state index < -0.39 is 20.4 Å². The van der Waals surface area contributed by atoms with Crippen LogP contribution < -0.4 is 19.5 Å². The normalized spacial score (nSPS) is 12.7. The zero-order valence-corrected chi connectivity index (χ0v) is 28.9. The molecule has 6 rings (SSSR count). The van der Waals surface area contributed by atoms with Crippen LogP contribution in [0.2, 0.25) is 0 Å². The molecule has 47 heavy (non-hydrogen) atoms. The van der Waals surface area contributed by atoms with Gasteiger partial charge in [0.1, 0.15) is 23.9 Å². The number of rotatable bonds is 13. The van der Waals surface area contributed by atoms with Gasteiger partial charge in [0.15, 0.2) is 0 Å². The number of anilines is 2. The second-order valence-electron chi connectivity index (χ2n) is 10.9. The van der Waals surface area contributed by atoms with Gasteiger partial charge in [-0.3, -0.25) is 0 Å².